The van der Waals surface area contributed by atoms with Gasteiger partial charge in [0.05, 0.1) is 27.5 Å². The number of amides is 2. The van der Waals surface area contributed by atoms with Crippen LogP contribution in [0.5, 0.6) is 11.5 Å². The molecule has 45 heavy (non-hydrogen) atoms. The fraction of sp³-hybridized carbons (Fsp3) is 0.103. The summed E-state index contributed by atoms with van der Waals surface area (Å²) in [5.41, 5.74) is 0.325. The summed E-state index contributed by atoms with van der Waals surface area (Å²) >= 11 is 0. The Balaban J connectivity index is 1.48. The van der Waals surface area contributed by atoms with E-state index in [1.165, 1.54) is 92.0 Å². The Morgan fingerprint density at radius 3 is 1.78 bits per heavy atom. The zero-order valence-electron chi connectivity index (χ0n) is 23.5. The number of nitro groups is 2. The van der Waals surface area contributed by atoms with Gasteiger partial charge in [-0.05, 0) is 60.7 Å². The number of hydrogen-bond donors (Lipinski definition) is 2. The highest BCUT2D eigenvalue weighted by molar-refractivity contribution is 7.92. The molecule has 232 valence electrons. The van der Waals surface area contributed by atoms with Crippen LogP contribution in [0.15, 0.2) is 102 Å². The van der Waals surface area contributed by atoms with E-state index >= 15 is 0 Å². The number of non-ortho nitro benzene ring substituents is 2. The molecule has 0 radical (unpaired) electrons. The molecular formula is C29H25N5O10S. The standard InChI is InChI=1S/C29H25N5O10S/c1-43-27-5-3-2-4-26(27)32(18-28(35)30-20-6-10-22(11-7-20)33(37)38)45(41,42)25-16-14-24(15-17-25)44-19-29(36)31-21-8-12-23(13-9-21)34(39)40/h2-17H,18-19H2,1H3,(H,30,35)(H,31,36). The van der Waals surface area contributed by atoms with E-state index in [0.717, 1.165) is 4.31 Å². The van der Waals surface area contributed by atoms with E-state index in [4.69, 9.17) is 9.47 Å². The number of methoxy groups -OCH3 is 1. The van der Waals surface area contributed by atoms with Crippen molar-refractivity contribution in [3.63, 3.8) is 0 Å². The number of nitro benzene ring substituents is 2. The van der Waals surface area contributed by atoms with Crippen molar-refractivity contribution in [3.05, 3.63) is 117 Å². The van der Waals surface area contributed by atoms with Crippen LogP contribution >= 0.6 is 0 Å². The number of nitrogens with one attached hydrogen (secondary N) is 2. The number of carbonyl (C=O) groups excluding carboxylic acids is 2. The van der Waals surface area contributed by atoms with Crippen molar-refractivity contribution in [3.8, 4) is 11.5 Å². The van der Waals surface area contributed by atoms with Crippen molar-refractivity contribution in [1.82, 2.24) is 0 Å². The first-order valence-electron chi connectivity index (χ1n) is 12.9. The Bertz CT molecular complexity index is 1810. The minimum atomic E-state index is -4.37. The average molecular weight is 636 g/mol. The Hall–Kier alpha value is -6.03. The maximum absolute atomic E-state index is 13.8. The van der Waals surface area contributed by atoms with Crippen LogP contribution < -0.4 is 24.4 Å². The second kappa shape index (κ2) is 14.0. The lowest BCUT2D eigenvalue weighted by molar-refractivity contribution is -0.385. The normalized spacial score (nSPS) is 10.8. The molecule has 0 spiro atoms. The molecule has 0 saturated heterocycles. The molecule has 0 unspecified atom stereocenters. The van der Waals surface area contributed by atoms with Gasteiger partial charge in [-0.25, -0.2) is 8.42 Å². The minimum Gasteiger partial charge on any atom is -0.495 e. The number of carbonyl (C=O) groups is 2. The van der Waals surface area contributed by atoms with Crippen LogP contribution in [0.25, 0.3) is 0 Å². The molecule has 0 aliphatic heterocycles. The number of nitrogens with zero attached hydrogens (tertiary/aromatic N) is 3. The molecule has 2 amide bonds. The Morgan fingerprint density at radius 2 is 1.27 bits per heavy atom. The first-order valence-corrected chi connectivity index (χ1v) is 14.4. The molecule has 0 bridgehead atoms. The molecule has 16 heteroatoms. The molecule has 0 aliphatic carbocycles. The third kappa shape index (κ3) is 8.08. The maximum Gasteiger partial charge on any atom is 0.269 e. The lowest BCUT2D eigenvalue weighted by atomic mass is 10.2. The molecular weight excluding hydrogens is 610 g/mol. The highest BCUT2D eigenvalue weighted by Gasteiger charge is 2.29. The maximum atomic E-state index is 13.8. The molecule has 4 rings (SSSR count). The van der Waals surface area contributed by atoms with E-state index in [0.29, 0.717) is 5.69 Å². The van der Waals surface area contributed by atoms with Crippen molar-refractivity contribution < 1.29 is 37.3 Å². The first kappa shape index (κ1) is 31.9. The van der Waals surface area contributed by atoms with Crippen LogP contribution in [-0.4, -0.2) is 50.3 Å². The van der Waals surface area contributed by atoms with Gasteiger partial charge in [-0.3, -0.25) is 34.1 Å². The molecule has 0 aliphatic rings. The fourth-order valence-corrected chi connectivity index (χ4v) is 5.41. The van der Waals surface area contributed by atoms with Crippen LogP contribution in [0.1, 0.15) is 0 Å². The highest BCUT2D eigenvalue weighted by atomic mass is 32.2. The van der Waals surface area contributed by atoms with Crippen molar-refractivity contribution in [2.24, 2.45) is 0 Å². The molecule has 4 aromatic rings. The van der Waals surface area contributed by atoms with E-state index < -0.39 is 44.8 Å². The van der Waals surface area contributed by atoms with Gasteiger partial charge in [-0.15, -0.1) is 0 Å². The molecule has 0 saturated carbocycles. The number of hydrogen-bond acceptors (Lipinski definition) is 10. The number of para-hydroxylation sites is 2. The summed E-state index contributed by atoms with van der Waals surface area (Å²) in [6.45, 7) is -1.10. The van der Waals surface area contributed by atoms with Gasteiger partial charge in [-0.1, -0.05) is 12.1 Å². The van der Waals surface area contributed by atoms with Gasteiger partial charge < -0.3 is 20.1 Å². The topological polar surface area (TPSA) is 200 Å². The van der Waals surface area contributed by atoms with Gasteiger partial charge in [0, 0.05) is 35.6 Å². The van der Waals surface area contributed by atoms with Crippen molar-refractivity contribution in [2.75, 3.05) is 35.2 Å². The summed E-state index contributed by atoms with van der Waals surface area (Å²) in [4.78, 5) is 45.6. The van der Waals surface area contributed by atoms with E-state index in [-0.39, 0.29) is 39.1 Å². The van der Waals surface area contributed by atoms with Crippen LogP contribution in [-0.2, 0) is 19.6 Å². The zero-order chi connectivity index (χ0) is 32.6. The van der Waals surface area contributed by atoms with Gasteiger partial charge >= 0.3 is 0 Å². The summed E-state index contributed by atoms with van der Waals surface area (Å²) in [7, 11) is -3.02. The largest absolute Gasteiger partial charge is 0.495 e. The van der Waals surface area contributed by atoms with Gasteiger partial charge in [0.1, 0.15) is 18.0 Å². The second-order valence-corrected chi connectivity index (χ2v) is 11.0. The summed E-state index contributed by atoms with van der Waals surface area (Å²) in [5.74, 6) is -0.921. The number of benzene rings is 4. The monoisotopic (exact) mass is 635 g/mol. The predicted molar refractivity (Wildman–Crippen MR) is 163 cm³/mol. The Morgan fingerprint density at radius 1 is 0.756 bits per heavy atom. The average Bonchev–Trinajstić information content (AvgIpc) is 3.03. The van der Waals surface area contributed by atoms with Crippen molar-refractivity contribution in [2.45, 2.75) is 4.90 Å². The van der Waals surface area contributed by atoms with E-state index in [1.54, 1.807) is 12.1 Å². The molecule has 2 N–H and O–H groups in total. The van der Waals surface area contributed by atoms with E-state index in [9.17, 15) is 38.2 Å². The van der Waals surface area contributed by atoms with Gasteiger partial charge in [-0.2, -0.15) is 0 Å². The van der Waals surface area contributed by atoms with E-state index in [1.807, 2.05) is 0 Å². The van der Waals surface area contributed by atoms with Crippen LogP contribution in [0, 0.1) is 20.2 Å². The quantitative estimate of drug-likeness (QED) is 0.157. The summed E-state index contributed by atoms with van der Waals surface area (Å²) < 4.78 is 39.3. The van der Waals surface area contributed by atoms with Crippen LogP contribution in [0.4, 0.5) is 28.4 Å². The highest BCUT2D eigenvalue weighted by Crippen LogP contribution is 2.33. The first-order chi connectivity index (χ1) is 21.5. The third-order valence-electron chi connectivity index (χ3n) is 6.15. The number of sulfonamides is 1. The van der Waals surface area contributed by atoms with Gasteiger partial charge in [0.2, 0.25) is 5.91 Å². The third-order valence-corrected chi connectivity index (χ3v) is 7.92. The number of rotatable bonds is 13. The summed E-state index contributed by atoms with van der Waals surface area (Å²) in [5, 5.41) is 26.8. The fourth-order valence-electron chi connectivity index (χ4n) is 3.98. The van der Waals surface area contributed by atoms with Crippen LogP contribution in [0.3, 0.4) is 0 Å². The summed E-state index contributed by atoms with van der Waals surface area (Å²) in [6, 6.07) is 21.6. The van der Waals surface area contributed by atoms with Gasteiger partial charge in [0.15, 0.2) is 6.61 Å². The van der Waals surface area contributed by atoms with E-state index in [2.05, 4.69) is 10.6 Å². The molecule has 0 heterocycles. The Kier molecular flexibility index (Phi) is 9.90. The lowest BCUT2D eigenvalue weighted by Gasteiger charge is -2.25. The summed E-state index contributed by atoms with van der Waals surface area (Å²) in [6.07, 6.45) is 0. The van der Waals surface area contributed by atoms with Gasteiger partial charge in [0.25, 0.3) is 27.3 Å². The minimum absolute atomic E-state index is 0.0853. The molecule has 0 atom stereocenters. The Labute approximate surface area is 256 Å². The number of ether oxygens (including phenoxy) is 2. The molecule has 0 aromatic heterocycles. The molecule has 4 aromatic carbocycles. The van der Waals surface area contributed by atoms with Crippen LogP contribution in [0.2, 0.25) is 0 Å². The second-order valence-electron chi connectivity index (χ2n) is 9.15. The lowest BCUT2D eigenvalue weighted by Crippen LogP contribution is -2.38. The SMILES string of the molecule is COc1ccccc1N(CC(=O)Nc1ccc([N+](=O)[O-])cc1)S(=O)(=O)c1ccc(OCC(=O)Nc2ccc([N+](=O)[O-])cc2)cc1. The smallest absolute Gasteiger partial charge is 0.269 e. The zero-order valence-corrected chi connectivity index (χ0v) is 24.3. The van der Waals surface area contributed by atoms with Crippen molar-refractivity contribution in [1.29, 1.82) is 0 Å². The molecule has 0 fully saturated rings. The predicted octanol–water partition coefficient (Wildman–Crippen LogP) is 4.36. The van der Waals surface area contributed by atoms with Crippen molar-refractivity contribution >= 4 is 50.3 Å². The number of anilines is 3. The molecule has 15 nitrogen and oxygen atoms in total.